The van der Waals surface area contributed by atoms with Crippen molar-refractivity contribution in [2.75, 3.05) is 12.0 Å². The second-order valence-electron chi connectivity index (χ2n) is 5.49. The topological polar surface area (TPSA) is 87.7 Å². The summed E-state index contributed by atoms with van der Waals surface area (Å²) < 4.78 is 5.12. The Labute approximate surface area is 144 Å². The minimum Gasteiger partial charge on any atom is -0.497 e. The molecule has 0 aromatic heterocycles. The number of hydrazine groups is 1. The summed E-state index contributed by atoms with van der Waals surface area (Å²) in [6.45, 7) is 0. The zero-order valence-corrected chi connectivity index (χ0v) is 13.6. The van der Waals surface area contributed by atoms with Crippen LogP contribution in [-0.4, -0.2) is 30.9 Å². The van der Waals surface area contributed by atoms with Crippen molar-refractivity contribution in [2.24, 2.45) is 0 Å². The summed E-state index contributed by atoms with van der Waals surface area (Å²) in [4.78, 5) is 37.9. The number of imide groups is 1. The molecule has 0 spiro atoms. The van der Waals surface area contributed by atoms with Gasteiger partial charge in [-0.2, -0.15) is 0 Å². The van der Waals surface area contributed by atoms with E-state index in [-0.39, 0.29) is 18.2 Å². The number of benzene rings is 2. The fourth-order valence-electron chi connectivity index (χ4n) is 2.58. The third-order valence-electron chi connectivity index (χ3n) is 3.85. The van der Waals surface area contributed by atoms with Crippen molar-refractivity contribution in [1.82, 2.24) is 10.9 Å². The summed E-state index contributed by atoms with van der Waals surface area (Å²) in [5, 5.41) is 0. The predicted octanol–water partition coefficient (Wildman–Crippen LogP) is 1.26. The summed E-state index contributed by atoms with van der Waals surface area (Å²) in [7, 11) is 1.51. The van der Waals surface area contributed by atoms with E-state index in [1.807, 2.05) is 0 Å². The molecule has 128 valence electrons. The Balaban J connectivity index is 1.68. The maximum atomic E-state index is 12.5. The van der Waals surface area contributed by atoms with Crippen molar-refractivity contribution in [3.05, 3.63) is 60.2 Å². The van der Waals surface area contributed by atoms with Crippen molar-refractivity contribution in [3.63, 3.8) is 0 Å². The van der Waals surface area contributed by atoms with Gasteiger partial charge in [-0.1, -0.05) is 24.3 Å². The Morgan fingerprint density at radius 3 is 2.60 bits per heavy atom. The molecule has 25 heavy (non-hydrogen) atoms. The van der Waals surface area contributed by atoms with Gasteiger partial charge in [-0.15, -0.1) is 0 Å². The highest BCUT2D eigenvalue weighted by Gasteiger charge is 2.39. The Morgan fingerprint density at radius 1 is 1.12 bits per heavy atom. The molecule has 7 nitrogen and oxygen atoms in total. The lowest BCUT2D eigenvalue weighted by molar-refractivity contribution is -0.121. The average Bonchev–Trinajstić information content (AvgIpc) is 2.94. The number of carbonyl (C=O) groups is 3. The Hall–Kier alpha value is -3.19. The lowest BCUT2D eigenvalue weighted by Gasteiger charge is -2.16. The van der Waals surface area contributed by atoms with E-state index in [4.69, 9.17) is 4.74 Å². The molecule has 3 amide bonds. The Bertz CT molecular complexity index is 807. The van der Waals surface area contributed by atoms with Gasteiger partial charge in [0.2, 0.25) is 5.91 Å². The van der Waals surface area contributed by atoms with Crippen LogP contribution in [0, 0.1) is 0 Å². The van der Waals surface area contributed by atoms with E-state index in [9.17, 15) is 14.4 Å². The molecule has 1 unspecified atom stereocenters. The number of methoxy groups -OCH3 is 1. The molecule has 1 heterocycles. The summed E-state index contributed by atoms with van der Waals surface area (Å²) in [6, 6.07) is 14.5. The second kappa shape index (κ2) is 7.14. The first kappa shape index (κ1) is 16.7. The molecule has 3 rings (SSSR count). The summed E-state index contributed by atoms with van der Waals surface area (Å²) in [5.74, 6) is -0.594. The highest BCUT2D eigenvalue weighted by molar-refractivity contribution is 6.22. The molecule has 0 bridgehead atoms. The first-order valence-corrected chi connectivity index (χ1v) is 7.72. The third kappa shape index (κ3) is 3.51. The number of nitrogens with zero attached hydrogens (tertiary/aromatic N) is 1. The van der Waals surface area contributed by atoms with Gasteiger partial charge in [0, 0.05) is 11.6 Å². The third-order valence-corrected chi connectivity index (χ3v) is 3.85. The number of hydrogen-bond donors (Lipinski definition) is 2. The summed E-state index contributed by atoms with van der Waals surface area (Å²) >= 11 is 0. The fraction of sp³-hybridized carbons (Fsp3) is 0.167. The maximum Gasteiger partial charge on any atom is 0.265 e. The van der Waals surface area contributed by atoms with Gasteiger partial charge in [-0.3, -0.25) is 19.8 Å². The van der Waals surface area contributed by atoms with Crippen LogP contribution in [0.3, 0.4) is 0 Å². The maximum absolute atomic E-state index is 12.5. The van der Waals surface area contributed by atoms with E-state index >= 15 is 0 Å². The van der Waals surface area contributed by atoms with Crippen LogP contribution in [0.1, 0.15) is 16.8 Å². The minimum atomic E-state index is -0.814. The van der Waals surface area contributed by atoms with Crippen molar-refractivity contribution < 1.29 is 19.1 Å². The molecule has 2 aromatic rings. The van der Waals surface area contributed by atoms with Crippen molar-refractivity contribution in [2.45, 2.75) is 12.5 Å². The summed E-state index contributed by atoms with van der Waals surface area (Å²) in [6.07, 6.45) is -0.0366. The van der Waals surface area contributed by atoms with Gasteiger partial charge in [0.15, 0.2) is 0 Å². The van der Waals surface area contributed by atoms with Crippen LogP contribution in [0.5, 0.6) is 5.75 Å². The Kier molecular flexibility index (Phi) is 4.76. The summed E-state index contributed by atoms with van der Waals surface area (Å²) in [5.41, 5.74) is 6.01. The van der Waals surface area contributed by atoms with Crippen molar-refractivity contribution in [1.29, 1.82) is 0 Å². The number of ether oxygens (including phenoxy) is 1. The average molecular weight is 339 g/mol. The van der Waals surface area contributed by atoms with Crippen LogP contribution < -0.4 is 20.5 Å². The lowest BCUT2D eigenvalue weighted by Crippen LogP contribution is -2.48. The number of anilines is 1. The number of amides is 3. The van der Waals surface area contributed by atoms with Gasteiger partial charge < -0.3 is 4.74 Å². The molecule has 1 saturated heterocycles. The fourth-order valence-corrected chi connectivity index (χ4v) is 2.58. The van der Waals surface area contributed by atoms with Crippen LogP contribution in [0.25, 0.3) is 0 Å². The zero-order chi connectivity index (χ0) is 17.8. The molecule has 2 N–H and O–H groups in total. The quantitative estimate of drug-likeness (QED) is 0.632. The van der Waals surface area contributed by atoms with Crippen molar-refractivity contribution >= 4 is 23.4 Å². The first-order chi connectivity index (χ1) is 12.1. The van der Waals surface area contributed by atoms with Crippen LogP contribution in [-0.2, 0) is 9.59 Å². The Morgan fingerprint density at radius 2 is 1.88 bits per heavy atom. The van der Waals surface area contributed by atoms with Gasteiger partial charge in [0.1, 0.15) is 11.8 Å². The predicted molar refractivity (Wildman–Crippen MR) is 90.9 cm³/mol. The standard InChI is InChI=1S/C18H17N3O4/c1-25-14-9-5-8-13(10-14)21-16(22)11-15(18(21)24)19-20-17(23)12-6-3-2-4-7-12/h2-10,15,19H,11H2,1H3,(H,20,23). The van der Waals surface area contributed by atoms with Crippen LogP contribution in [0.15, 0.2) is 54.6 Å². The highest BCUT2D eigenvalue weighted by Crippen LogP contribution is 2.26. The number of nitrogens with one attached hydrogen (secondary N) is 2. The van der Waals surface area contributed by atoms with Gasteiger partial charge in [0.25, 0.3) is 11.8 Å². The van der Waals surface area contributed by atoms with E-state index in [0.717, 1.165) is 4.90 Å². The number of carbonyl (C=O) groups excluding carboxylic acids is 3. The van der Waals surface area contributed by atoms with Gasteiger partial charge in [-0.25, -0.2) is 10.3 Å². The molecular formula is C18H17N3O4. The number of rotatable bonds is 5. The zero-order valence-electron chi connectivity index (χ0n) is 13.6. The molecule has 2 aromatic carbocycles. The molecule has 0 radical (unpaired) electrons. The monoisotopic (exact) mass is 339 g/mol. The molecule has 1 aliphatic heterocycles. The lowest BCUT2D eigenvalue weighted by atomic mass is 10.2. The van der Waals surface area contributed by atoms with E-state index in [1.165, 1.54) is 7.11 Å². The van der Waals surface area contributed by atoms with E-state index in [2.05, 4.69) is 10.9 Å². The molecule has 1 atom stereocenters. The largest absolute Gasteiger partial charge is 0.497 e. The molecule has 1 aliphatic rings. The first-order valence-electron chi connectivity index (χ1n) is 7.72. The van der Waals surface area contributed by atoms with Gasteiger partial charge in [0.05, 0.1) is 19.2 Å². The van der Waals surface area contributed by atoms with Crippen LogP contribution in [0.4, 0.5) is 5.69 Å². The van der Waals surface area contributed by atoms with Gasteiger partial charge >= 0.3 is 0 Å². The van der Waals surface area contributed by atoms with E-state index < -0.39 is 11.9 Å². The highest BCUT2D eigenvalue weighted by atomic mass is 16.5. The normalized spacial score (nSPS) is 16.8. The van der Waals surface area contributed by atoms with Crippen LogP contribution >= 0.6 is 0 Å². The minimum absolute atomic E-state index is 0.0366. The van der Waals surface area contributed by atoms with E-state index in [1.54, 1.807) is 54.6 Å². The smallest absolute Gasteiger partial charge is 0.265 e. The van der Waals surface area contributed by atoms with Crippen molar-refractivity contribution in [3.8, 4) is 5.75 Å². The number of hydrogen-bond acceptors (Lipinski definition) is 5. The molecular weight excluding hydrogens is 322 g/mol. The van der Waals surface area contributed by atoms with Gasteiger partial charge in [-0.05, 0) is 24.3 Å². The molecule has 0 aliphatic carbocycles. The second-order valence-corrected chi connectivity index (χ2v) is 5.49. The molecule has 0 saturated carbocycles. The molecule has 7 heteroatoms. The SMILES string of the molecule is COc1cccc(N2C(=O)CC(NNC(=O)c3ccccc3)C2=O)c1. The van der Waals surface area contributed by atoms with E-state index in [0.29, 0.717) is 17.0 Å². The van der Waals surface area contributed by atoms with Crippen LogP contribution in [0.2, 0.25) is 0 Å². The molecule has 1 fully saturated rings.